The first-order valence-electron chi connectivity index (χ1n) is 7.46. The number of esters is 1. The quantitative estimate of drug-likeness (QED) is 0.545. The van der Waals surface area contributed by atoms with Crippen LogP contribution >= 0.6 is 11.8 Å². The molecule has 2 heterocycles. The van der Waals surface area contributed by atoms with Crippen LogP contribution in [0.5, 0.6) is 5.88 Å². The minimum atomic E-state index is -0.705. The molecular weight excluding hydrogens is 320 g/mol. The normalized spacial score (nSPS) is 21.8. The fourth-order valence-corrected chi connectivity index (χ4v) is 4.28. The number of rotatable bonds is 1. The van der Waals surface area contributed by atoms with Gasteiger partial charge in [0.1, 0.15) is 0 Å². The molecule has 1 aliphatic heterocycles. The number of aromatic nitrogens is 2. The van der Waals surface area contributed by atoms with Crippen LogP contribution in [0.4, 0.5) is 0 Å². The van der Waals surface area contributed by atoms with Crippen LogP contribution in [0.3, 0.4) is 0 Å². The highest BCUT2D eigenvalue weighted by molar-refractivity contribution is 8.05. The first-order chi connectivity index (χ1) is 10.8. The van der Waals surface area contributed by atoms with Gasteiger partial charge in [-0.1, -0.05) is 18.2 Å². The van der Waals surface area contributed by atoms with E-state index in [1.165, 1.54) is 31.9 Å². The van der Waals surface area contributed by atoms with Crippen molar-refractivity contribution in [2.45, 2.75) is 37.0 Å². The maximum absolute atomic E-state index is 12.2. The highest BCUT2D eigenvalue weighted by Gasteiger charge is 2.45. The van der Waals surface area contributed by atoms with Gasteiger partial charge in [0.05, 0.1) is 10.5 Å². The summed E-state index contributed by atoms with van der Waals surface area (Å²) in [6.45, 7) is 0. The zero-order valence-electron chi connectivity index (χ0n) is 13.0. The summed E-state index contributed by atoms with van der Waals surface area (Å²) < 4.78 is 7.23. The molecule has 8 heteroatoms. The van der Waals surface area contributed by atoms with Crippen LogP contribution in [0.25, 0.3) is 6.08 Å². The van der Waals surface area contributed by atoms with Gasteiger partial charge in [0.15, 0.2) is 4.93 Å². The molecule has 2 fully saturated rings. The van der Waals surface area contributed by atoms with Crippen LogP contribution in [0.1, 0.15) is 37.7 Å². The zero-order chi connectivity index (χ0) is 16.8. The molecule has 124 valence electrons. The molecule has 1 aliphatic carbocycles. The van der Waals surface area contributed by atoms with Crippen molar-refractivity contribution in [2.75, 3.05) is 0 Å². The third-order valence-electron chi connectivity index (χ3n) is 4.31. The van der Waals surface area contributed by atoms with Crippen molar-refractivity contribution in [3.63, 3.8) is 0 Å². The summed E-state index contributed by atoms with van der Waals surface area (Å²) in [6, 6.07) is 0. The molecule has 23 heavy (non-hydrogen) atoms. The molecule has 1 saturated carbocycles. The summed E-state index contributed by atoms with van der Waals surface area (Å²) in [6.07, 6.45) is 5.90. The number of hydrogen-bond acceptors (Lipinski definition) is 6. The Hall–Kier alpha value is -1.96. The highest BCUT2D eigenvalue weighted by Crippen LogP contribution is 2.50. The minimum absolute atomic E-state index is 0.193. The first-order valence-corrected chi connectivity index (χ1v) is 8.27. The number of carbonyl (C=O) groups excluding carboxylic acids is 1. The smallest absolute Gasteiger partial charge is 0.346 e. The van der Waals surface area contributed by atoms with Crippen molar-refractivity contribution in [3.8, 4) is 5.88 Å². The van der Waals surface area contributed by atoms with E-state index < -0.39 is 28.0 Å². The van der Waals surface area contributed by atoms with Gasteiger partial charge < -0.3 is 14.4 Å². The van der Waals surface area contributed by atoms with Gasteiger partial charge in [-0.05, 0) is 37.6 Å². The Morgan fingerprint density at radius 2 is 1.78 bits per heavy atom. The van der Waals surface area contributed by atoms with E-state index in [0.29, 0.717) is 0 Å². The molecule has 0 amide bonds. The molecule has 1 saturated heterocycles. The second kappa shape index (κ2) is 5.59. The first kappa shape index (κ1) is 15.9. The zero-order valence-corrected chi connectivity index (χ0v) is 13.8. The predicted molar refractivity (Wildman–Crippen MR) is 83.8 cm³/mol. The fraction of sp³-hybridized carbons (Fsp3) is 0.533. The average molecular weight is 337 g/mol. The molecule has 2 aliphatic rings. The number of thioether (sulfide) groups is 1. The molecule has 0 unspecified atom stereocenters. The molecule has 0 radical (unpaired) electrons. The fourth-order valence-electron chi connectivity index (χ4n) is 2.97. The summed E-state index contributed by atoms with van der Waals surface area (Å²) in [5, 5.41) is 12.2. The SMILES string of the molecule is Cn1c([O-])c(C=C2SC3(CCCCC3)OC2=O)c(=O)n(C)c1=O. The minimum Gasteiger partial charge on any atom is -0.859 e. The van der Waals surface area contributed by atoms with Gasteiger partial charge in [-0.3, -0.25) is 9.36 Å². The van der Waals surface area contributed by atoms with Gasteiger partial charge in [-0.15, -0.1) is 0 Å². The number of hydrogen-bond donors (Lipinski definition) is 0. The monoisotopic (exact) mass is 337 g/mol. The van der Waals surface area contributed by atoms with Crippen LogP contribution in [-0.2, 0) is 23.6 Å². The lowest BCUT2D eigenvalue weighted by atomic mass is 9.97. The van der Waals surface area contributed by atoms with Crippen LogP contribution in [0.15, 0.2) is 14.5 Å². The molecule has 7 nitrogen and oxygen atoms in total. The lowest BCUT2D eigenvalue weighted by Gasteiger charge is -2.29. The van der Waals surface area contributed by atoms with Crippen molar-refractivity contribution in [1.29, 1.82) is 0 Å². The molecule has 0 bridgehead atoms. The van der Waals surface area contributed by atoms with Crippen molar-refractivity contribution < 1.29 is 14.6 Å². The Bertz CT molecular complexity index is 814. The third kappa shape index (κ3) is 2.60. The van der Waals surface area contributed by atoms with Crippen molar-refractivity contribution in [2.24, 2.45) is 14.1 Å². The molecule has 1 spiro atoms. The predicted octanol–water partition coefficient (Wildman–Crippen LogP) is 0.449. The van der Waals surface area contributed by atoms with E-state index in [9.17, 15) is 19.5 Å². The maximum atomic E-state index is 12.2. The van der Waals surface area contributed by atoms with Gasteiger partial charge in [-0.25, -0.2) is 9.59 Å². The Morgan fingerprint density at radius 3 is 2.43 bits per heavy atom. The van der Waals surface area contributed by atoms with Crippen LogP contribution in [-0.4, -0.2) is 20.0 Å². The molecule has 3 rings (SSSR count). The average Bonchev–Trinajstić information content (AvgIpc) is 2.83. The van der Waals surface area contributed by atoms with E-state index in [1.54, 1.807) is 0 Å². The van der Waals surface area contributed by atoms with Crippen LogP contribution < -0.4 is 16.4 Å². The molecule has 1 aromatic heterocycles. The van der Waals surface area contributed by atoms with E-state index in [-0.39, 0.29) is 10.5 Å². The van der Waals surface area contributed by atoms with Crippen LogP contribution in [0.2, 0.25) is 0 Å². The van der Waals surface area contributed by atoms with Gasteiger partial charge in [0, 0.05) is 14.1 Å². The number of carbonyl (C=O) groups is 1. The number of nitrogens with zero attached hydrogens (tertiary/aromatic N) is 2. The van der Waals surface area contributed by atoms with Crippen molar-refractivity contribution in [1.82, 2.24) is 9.13 Å². The molecule has 0 aromatic carbocycles. The Balaban J connectivity index is 2.05. The Morgan fingerprint density at radius 1 is 1.13 bits per heavy atom. The lowest BCUT2D eigenvalue weighted by Crippen LogP contribution is -2.39. The largest absolute Gasteiger partial charge is 0.859 e. The topological polar surface area (TPSA) is 93.4 Å². The standard InChI is InChI=1S/C15H18N2O5S/c1-16-11(18)9(12(19)17(2)14(16)21)8-10-13(20)22-15(23-10)6-4-3-5-7-15/h8,18H,3-7H2,1-2H3/p-1. The highest BCUT2D eigenvalue weighted by atomic mass is 32.2. The molecule has 0 atom stereocenters. The third-order valence-corrected chi connectivity index (χ3v) is 5.68. The van der Waals surface area contributed by atoms with E-state index in [1.807, 2.05) is 0 Å². The van der Waals surface area contributed by atoms with E-state index >= 15 is 0 Å². The van der Waals surface area contributed by atoms with E-state index in [0.717, 1.165) is 41.2 Å². The van der Waals surface area contributed by atoms with Crippen LogP contribution in [0, 0.1) is 0 Å². The van der Waals surface area contributed by atoms with Crippen molar-refractivity contribution in [3.05, 3.63) is 31.3 Å². The van der Waals surface area contributed by atoms with Gasteiger partial charge in [0.25, 0.3) is 5.56 Å². The molecular formula is C15H17N2O5S-. The second-order valence-electron chi connectivity index (χ2n) is 5.90. The lowest BCUT2D eigenvalue weighted by molar-refractivity contribution is -0.280. The van der Waals surface area contributed by atoms with E-state index in [4.69, 9.17) is 4.74 Å². The molecule has 1 aromatic rings. The molecule has 0 N–H and O–H groups in total. The Kier molecular flexibility index (Phi) is 3.87. The summed E-state index contributed by atoms with van der Waals surface area (Å²) in [5.41, 5.74) is -1.59. The second-order valence-corrected chi connectivity index (χ2v) is 7.28. The number of ether oxygens (including phenoxy) is 1. The summed E-state index contributed by atoms with van der Waals surface area (Å²) in [5.74, 6) is -1.21. The van der Waals surface area contributed by atoms with Gasteiger partial charge in [0.2, 0.25) is 0 Å². The maximum Gasteiger partial charge on any atom is 0.346 e. The summed E-state index contributed by atoms with van der Waals surface area (Å²) in [7, 11) is 2.60. The summed E-state index contributed by atoms with van der Waals surface area (Å²) >= 11 is 1.29. The van der Waals surface area contributed by atoms with Crippen molar-refractivity contribution >= 4 is 23.8 Å². The van der Waals surface area contributed by atoms with Gasteiger partial charge >= 0.3 is 11.7 Å². The van der Waals surface area contributed by atoms with Gasteiger partial charge in [-0.2, -0.15) is 0 Å². The van der Waals surface area contributed by atoms with E-state index in [2.05, 4.69) is 0 Å². The summed E-state index contributed by atoms with van der Waals surface area (Å²) in [4.78, 5) is 35.7. The Labute approximate surface area is 136 Å².